The number of carbonyl (C=O) groups excluding carboxylic acids is 2. The maximum Gasteiger partial charge on any atom is 0.251 e. The second kappa shape index (κ2) is 11.0. The molecule has 9 heteroatoms. The second-order valence-electron chi connectivity index (χ2n) is 6.15. The zero-order valence-corrected chi connectivity index (χ0v) is 17.5. The van der Waals surface area contributed by atoms with Crippen LogP contribution in [0, 0.1) is 0 Å². The van der Waals surface area contributed by atoms with Crippen LogP contribution in [0.15, 0.2) is 48.5 Å². The summed E-state index contributed by atoms with van der Waals surface area (Å²) < 4.78 is 0. The molecule has 0 unspecified atom stereocenters. The number of nitrogen functional groups attached to an aromatic ring is 1. The number of anilines is 2. The first kappa shape index (κ1) is 23.9. The molecule has 0 aliphatic carbocycles. The minimum atomic E-state index is -0.301. The quantitative estimate of drug-likeness (QED) is 0.709. The van der Waals surface area contributed by atoms with E-state index in [1.807, 2.05) is 24.3 Å². The number of nitrogens with two attached hydrogens (primary N) is 1. The van der Waals surface area contributed by atoms with Gasteiger partial charge in [-0.05, 0) is 42.5 Å². The number of amides is 2. The minimum absolute atomic E-state index is 0. The van der Waals surface area contributed by atoms with Gasteiger partial charge in [-0.1, -0.05) is 17.7 Å². The van der Waals surface area contributed by atoms with E-state index in [4.69, 9.17) is 17.3 Å². The molecule has 1 heterocycles. The molecule has 1 aliphatic heterocycles. The van der Waals surface area contributed by atoms with Gasteiger partial charge in [-0.25, -0.2) is 0 Å². The van der Waals surface area contributed by atoms with Crippen LogP contribution in [0.3, 0.4) is 0 Å². The van der Waals surface area contributed by atoms with Crippen LogP contribution in [0.1, 0.15) is 10.4 Å². The van der Waals surface area contributed by atoms with Gasteiger partial charge in [-0.15, -0.1) is 24.8 Å². The fraction of sp³-hybridized carbons (Fsp3) is 0.263. The lowest BCUT2D eigenvalue weighted by molar-refractivity contribution is -0.130. The summed E-state index contributed by atoms with van der Waals surface area (Å²) in [6.45, 7) is 2.72. The summed E-state index contributed by atoms with van der Waals surface area (Å²) in [5, 5.41) is 3.37. The van der Waals surface area contributed by atoms with Crippen molar-refractivity contribution in [3.05, 3.63) is 59.1 Å². The number of halogens is 3. The first-order valence-electron chi connectivity index (χ1n) is 8.45. The van der Waals surface area contributed by atoms with Gasteiger partial charge in [0.2, 0.25) is 5.91 Å². The maximum atomic E-state index is 12.3. The normalized spacial score (nSPS) is 13.2. The summed E-state index contributed by atoms with van der Waals surface area (Å²) in [4.78, 5) is 28.4. The van der Waals surface area contributed by atoms with Crippen LogP contribution in [-0.4, -0.2) is 49.4 Å². The predicted molar refractivity (Wildman–Crippen MR) is 118 cm³/mol. The molecule has 3 N–H and O–H groups in total. The summed E-state index contributed by atoms with van der Waals surface area (Å²) in [6.07, 6.45) is 0. The summed E-state index contributed by atoms with van der Waals surface area (Å²) in [6, 6.07) is 14.4. The van der Waals surface area contributed by atoms with E-state index in [1.165, 1.54) is 0 Å². The number of rotatable bonds is 4. The molecular formula is C19H23Cl3N4O2. The highest BCUT2D eigenvalue weighted by Gasteiger charge is 2.21. The van der Waals surface area contributed by atoms with Crippen molar-refractivity contribution >= 4 is 59.6 Å². The van der Waals surface area contributed by atoms with Crippen LogP contribution in [0.4, 0.5) is 11.4 Å². The van der Waals surface area contributed by atoms with Gasteiger partial charge >= 0.3 is 0 Å². The summed E-state index contributed by atoms with van der Waals surface area (Å²) in [5.74, 6) is -0.386. The monoisotopic (exact) mass is 444 g/mol. The first-order valence-corrected chi connectivity index (χ1v) is 8.83. The van der Waals surface area contributed by atoms with Crippen molar-refractivity contribution in [1.82, 2.24) is 10.2 Å². The number of piperazine rings is 1. The molecule has 1 fully saturated rings. The van der Waals surface area contributed by atoms with Gasteiger partial charge in [-0.2, -0.15) is 0 Å². The number of hydrogen-bond donors (Lipinski definition) is 2. The van der Waals surface area contributed by atoms with Crippen molar-refractivity contribution in [2.45, 2.75) is 0 Å². The van der Waals surface area contributed by atoms with Gasteiger partial charge < -0.3 is 20.9 Å². The molecule has 152 valence electrons. The lowest BCUT2D eigenvalue weighted by Crippen LogP contribution is -2.51. The van der Waals surface area contributed by atoms with E-state index in [9.17, 15) is 9.59 Å². The van der Waals surface area contributed by atoms with E-state index in [2.05, 4.69) is 10.2 Å². The summed E-state index contributed by atoms with van der Waals surface area (Å²) in [7, 11) is 0. The number of nitrogens with one attached hydrogen (secondary N) is 1. The van der Waals surface area contributed by atoms with Gasteiger partial charge in [0.15, 0.2) is 0 Å². The SMILES string of the molecule is Cl.Cl.Nc1cccc(C(=O)NCC(=O)N2CCN(c3ccc(Cl)cc3)CC2)c1. The van der Waals surface area contributed by atoms with Crippen LogP contribution in [0.25, 0.3) is 0 Å². The van der Waals surface area contributed by atoms with Gasteiger partial charge in [0.25, 0.3) is 5.91 Å². The Hall–Kier alpha value is -2.15. The van der Waals surface area contributed by atoms with Crippen molar-refractivity contribution in [1.29, 1.82) is 0 Å². The largest absolute Gasteiger partial charge is 0.399 e. The standard InChI is InChI=1S/C19H21ClN4O2.2ClH/c20-15-4-6-17(7-5-15)23-8-10-24(11-9-23)18(25)13-22-19(26)14-2-1-3-16(21)12-14;;/h1-7,12H,8-11,13,21H2,(H,22,26);2*1H. The minimum Gasteiger partial charge on any atom is -0.399 e. The molecule has 0 bridgehead atoms. The molecular weight excluding hydrogens is 423 g/mol. The lowest BCUT2D eigenvalue weighted by Gasteiger charge is -2.36. The second-order valence-corrected chi connectivity index (χ2v) is 6.59. The number of nitrogens with zero attached hydrogens (tertiary/aromatic N) is 2. The first-order chi connectivity index (χ1) is 12.5. The van der Waals surface area contributed by atoms with Gasteiger partial charge in [0.1, 0.15) is 0 Å². The van der Waals surface area contributed by atoms with Crippen molar-refractivity contribution < 1.29 is 9.59 Å². The third kappa shape index (κ3) is 6.19. The molecule has 0 radical (unpaired) electrons. The fourth-order valence-electron chi connectivity index (χ4n) is 2.92. The van der Waals surface area contributed by atoms with Gasteiger partial charge in [0, 0.05) is 48.1 Å². The Kier molecular flexibility index (Phi) is 9.38. The van der Waals surface area contributed by atoms with Crippen molar-refractivity contribution in [3.8, 4) is 0 Å². The zero-order valence-electron chi connectivity index (χ0n) is 15.1. The Balaban J connectivity index is 0.00000196. The maximum absolute atomic E-state index is 12.3. The van der Waals surface area contributed by atoms with E-state index in [1.54, 1.807) is 29.2 Å². The van der Waals surface area contributed by atoms with Crippen LogP contribution in [-0.2, 0) is 4.79 Å². The Bertz CT molecular complexity index is 794. The molecule has 2 amide bonds. The van der Waals surface area contributed by atoms with Crippen LogP contribution in [0.5, 0.6) is 0 Å². The highest BCUT2D eigenvalue weighted by atomic mass is 35.5. The zero-order chi connectivity index (χ0) is 18.5. The molecule has 1 aliphatic rings. The molecule has 28 heavy (non-hydrogen) atoms. The van der Waals surface area contributed by atoms with E-state index in [-0.39, 0.29) is 43.2 Å². The molecule has 1 saturated heterocycles. The molecule has 0 atom stereocenters. The van der Waals surface area contributed by atoms with Crippen molar-refractivity contribution in [3.63, 3.8) is 0 Å². The van der Waals surface area contributed by atoms with E-state index in [0.29, 0.717) is 29.4 Å². The highest BCUT2D eigenvalue weighted by molar-refractivity contribution is 6.30. The molecule has 2 aromatic rings. The number of hydrogen-bond acceptors (Lipinski definition) is 4. The third-order valence-electron chi connectivity index (χ3n) is 4.37. The number of carbonyl (C=O) groups is 2. The van der Waals surface area contributed by atoms with Crippen LogP contribution < -0.4 is 16.0 Å². The lowest BCUT2D eigenvalue weighted by atomic mass is 10.2. The highest BCUT2D eigenvalue weighted by Crippen LogP contribution is 2.19. The predicted octanol–water partition coefficient (Wildman–Crippen LogP) is 2.84. The fourth-order valence-corrected chi connectivity index (χ4v) is 3.04. The molecule has 2 aromatic carbocycles. The Labute approximate surface area is 181 Å². The van der Waals surface area contributed by atoms with E-state index < -0.39 is 0 Å². The Morgan fingerprint density at radius 1 is 1.00 bits per heavy atom. The van der Waals surface area contributed by atoms with Crippen LogP contribution in [0.2, 0.25) is 5.02 Å². The number of benzene rings is 2. The average molecular weight is 446 g/mol. The van der Waals surface area contributed by atoms with Crippen molar-refractivity contribution in [2.24, 2.45) is 0 Å². The smallest absolute Gasteiger partial charge is 0.251 e. The molecule has 0 aromatic heterocycles. The van der Waals surface area contributed by atoms with Crippen LogP contribution >= 0.6 is 36.4 Å². The molecule has 0 saturated carbocycles. The third-order valence-corrected chi connectivity index (χ3v) is 4.63. The van der Waals surface area contributed by atoms with Gasteiger partial charge in [-0.3, -0.25) is 9.59 Å². The topological polar surface area (TPSA) is 78.7 Å². The molecule has 3 rings (SSSR count). The Morgan fingerprint density at radius 3 is 2.25 bits per heavy atom. The Morgan fingerprint density at radius 2 is 1.64 bits per heavy atom. The van der Waals surface area contributed by atoms with E-state index >= 15 is 0 Å². The summed E-state index contributed by atoms with van der Waals surface area (Å²) >= 11 is 5.92. The average Bonchev–Trinajstić information content (AvgIpc) is 2.66. The van der Waals surface area contributed by atoms with Crippen molar-refractivity contribution in [2.75, 3.05) is 43.4 Å². The van der Waals surface area contributed by atoms with Gasteiger partial charge in [0.05, 0.1) is 6.54 Å². The molecule has 0 spiro atoms. The summed E-state index contributed by atoms with van der Waals surface area (Å²) in [5.41, 5.74) is 7.73. The van der Waals surface area contributed by atoms with E-state index in [0.717, 1.165) is 18.8 Å². The molecule has 6 nitrogen and oxygen atoms in total.